The van der Waals surface area contributed by atoms with Crippen LogP contribution in [-0.4, -0.2) is 34.5 Å². The minimum Gasteiger partial charge on any atom is -0.480 e. The van der Waals surface area contributed by atoms with Gasteiger partial charge < -0.3 is 10.0 Å². The van der Waals surface area contributed by atoms with Crippen molar-refractivity contribution in [3.05, 3.63) is 33.3 Å². The molecule has 1 aliphatic rings. The van der Waals surface area contributed by atoms with Crippen molar-refractivity contribution in [1.29, 1.82) is 0 Å². The van der Waals surface area contributed by atoms with E-state index < -0.39 is 17.4 Å². The second kappa shape index (κ2) is 5.97. The number of carboxylic acids is 1. The molecule has 4 nitrogen and oxygen atoms in total. The summed E-state index contributed by atoms with van der Waals surface area (Å²) in [6.07, 6.45) is 1.56. The number of benzene rings is 1. The van der Waals surface area contributed by atoms with E-state index in [0.29, 0.717) is 17.1 Å². The fraction of sp³-hybridized carbons (Fsp3) is 0.467. The summed E-state index contributed by atoms with van der Waals surface area (Å²) < 4.78 is 0.735. The number of piperidine rings is 1. The number of rotatable bonds is 2. The first kappa shape index (κ1) is 16.3. The largest absolute Gasteiger partial charge is 0.480 e. The summed E-state index contributed by atoms with van der Waals surface area (Å²) in [5.41, 5.74) is -0.131. The predicted molar refractivity (Wildman–Crippen MR) is 84.6 cm³/mol. The molecule has 1 aromatic carbocycles. The summed E-state index contributed by atoms with van der Waals surface area (Å²) >= 11 is 9.40. The van der Waals surface area contributed by atoms with Gasteiger partial charge in [-0.3, -0.25) is 4.79 Å². The Morgan fingerprint density at radius 2 is 2.10 bits per heavy atom. The second-order valence-corrected chi connectivity index (χ2v) is 7.28. The molecule has 1 atom stereocenters. The molecule has 1 saturated heterocycles. The molecule has 114 valence electrons. The molecular weight excluding hydrogens is 358 g/mol. The van der Waals surface area contributed by atoms with E-state index in [9.17, 15) is 14.7 Å². The molecule has 21 heavy (non-hydrogen) atoms. The zero-order valence-electron chi connectivity index (χ0n) is 11.9. The fourth-order valence-electron chi connectivity index (χ4n) is 2.90. The minimum absolute atomic E-state index is 0.329. The van der Waals surface area contributed by atoms with Gasteiger partial charge in [0.15, 0.2) is 0 Å². The highest BCUT2D eigenvalue weighted by Crippen LogP contribution is 2.36. The molecule has 0 bridgehead atoms. The van der Waals surface area contributed by atoms with E-state index in [-0.39, 0.29) is 5.91 Å². The van der Waals surface area contributed by atoms with E-state index in [1.807, 2.05) is 13.8 Å². The standard InChI is InChI=1S/C15H17BrClNO3/c1-15(2)6-3-7-18(12(15)14(20)21)13(19)10-8-9(16)4-5-11(10)17/h4-5,8,12H,3,6-7H2,1-2H3,(H,20,21). The number of carbonyl (C=O) groups excluding carboxylic acids is 1. The number of likely N-dealkylation sites (tertiary alicyclic amines) is 1. The topological polar surface area (TPSA) is 57.6 Å². The zero-order chi connectivity index (χ0) is 15.8. The third-order valence-corrected chi connectivity index (χ3v) is 4.75. The van der Waals surface area contributed by atoms with Crippen molar-refractivity contribution >= 4 is 39.4 Å². The fourth-order valence-corrected chi connectivity index (χ4v) is 3.45. The first-order chi connectivity index (χ1) is 9.74. The van der Waals surface area contributed by atoms with Crippen LogP contribution in [0.3, 0.4) is 0 Å². The third kappa shape index (κ3) is 3.24. The molecule has 0 saturated carbocycles. The molecule has 1 heterocycles. The Kier molecular flexibility index (Phi) is 4.63. The number of aliphatic carboxylic acids is 1. The van der Waals surface area contributed by atoms with Crippen LogP contribution in [0, 0.1) is 5.41 Å². The lowest BCUT2D eigenvalue weighted by molar-refractivity contribution is -0.148. The number of carbonyl (C=O) groups is 2. The van der Waals surface area contributed by atoms with E-state index in [4.69, 9.17) is 11.6 Å². The SMILES string of the molecule is CC1(C)CCCN(C(=O)c2cc(Br)ccc2Cl)C1C(=O)O. The summed E-state index contributed by atoms with van der Waals surface area (Å²) in [7, 11) is 0. The summed E-state index contributed by atoms with van der Waals surface area (Å²) in [4.78, 5) is 25.8. The molecule has 1 aromatic rings. The lowest BCUT2D eigenvalue weighted by Gasteiger charge is -2.44. The molecule has 0 aromatic heterocycles. The first-order valence-electron chi connectivity index (χ1n) is 6.73. The number of amides is 1. The Hall–Kier alpha value is -1.07. The van der Waals surface area contributed by atoms with Crippen LogP contribution in [0.25, 0.3) is 0 Å². The van der Waals surface area contributed by atoms with Crippen LogP contribution in [0.1, 0.15) is 37.0 Å². The average Bonchev–Trinajstić information content (AvgIpc) is 2.38. The van der Waals surface area contributed by atoms with Crippen LogP contribution in [0.2, 0.25) is 5.02 Å². The molecule has 1 unspecified atom stereocenters. The molecule has 1 amide bonds. The Morgan fingerprint density at radius 3 is 2.71 bits per heavy atom. The third-order valence-electron chi connectivity index (χ3n) is 3.93. The highest BCUT2D eigenvalue weighted by Gasteiger charge is 2.44. The monoisotopic (exact) mass is 373 g/mol. The molecule has 1 aliphatic heterocycles. The smallest absolute Gasteiger partial charge is 0.326 e. The number of nitrogens with zero attached hydrogens (tertiary/aromatic N) is 1. The lowest BCUT2D eigenvalue weighted by atomic mass is 9.76. The zero-order valence-corrected chi connectivity index (χ0v) is 14.2. The number of halogens is 2. The summed E-state index contributed by atoms with van der Waals surface area (Å²) in [6.45, 7) is 4.20. The Bertz CT molecular complexity index is 588. The van der Waals surface area contributed by atoms with Crippen molar-refractivity contribution in [1.82, 2.24) is 4.90 Å². The summed E-state index contributed by atoms with van der Waals surface area (Å²) in [6, 6.07) is 4.16. The first-order valence-corrected chi connectivity index (χ1v) is 7.90. The van der Waals surface area contributed by atoms with E-state index in [2.05, 4.69) is 15.9 Å². The van der Waals surface area contributed by atoms with Crippen molar-refractivity contribution in [2.75, 3.05) is 6.54 Å². The van der Waals surface area contributed by atoms with Crippen molar-refractivity contribution in [2.45, 2.75) is 32.7 Å². The van der Waals surface area contributed by atoms with Crippen molar-refractivity contribution in [3.8, 4) is 0 Å². The van der Waals surface area contributed by atoms with Crippen molar-refractivity contribution in [3.63, 3.8) is 0 Å². The van der Waals surface area contributed by atoms with Crippen LogP contribution in [0.4, 0.5) is 0 Å². The highest BCUT2D eigenvalue weighted by molar-refractivity contribution is 9.10. The van der Waals surface area contributed by atoms with Gasteiger partial charge in [0.1, 0.15) is 6.04 Å². The van der Waals surface area contributed by atoms with Gasteiger partial charge in [-0.25, -0.2) is 4.79 Å². The molecule has 1 fully saturated rings. The molecule has 1 N–H and O–H groups in total. The van der Waals surface area contributed by atoms with E-state index in [0.717, 1.165) is 17.3 Å². The van der Waals surface area contributed by atoms with Gasteiger partial charge in [-0.1, -0.05) is 41.4 Å². The van der Waals surface area contributed by atoms with Gasteiger partial charge in [-0.05, 0) is 36.5 Å². The van der Waals surface area contributed by atoms with Gasteiger partial charge in [-0.2, -0.15) is 0 Å². The van der Waals surface area contributed by atoms with Gasteiger partial charge in [-0.15, -0.1) is 0 Å². The van der Waals surface area contributed by atoms with Crippen LogP contribution < -0.4 is 0 Å². The van der Waals surface area contributed by atoms with E-state index >= 15 is 0 Å². The van der Waals surface area contributed by atoms with Crippen molar-refractivity contribution in [2.24, 2.45) is 5.41 Å². The Labute approximate surface area is 137 Å². The van der Waals surface area contributed by atoms with Gasteiger partial charge in [0.2, 0.25) is 0 Å². The highest BCUT2D eigenvalue weighted by atomic mass is 79.9. The average molecular weight is 375 g/mol. The molecule has 6 heteroatoms. The number of hydrogen-bond donors (Lipinski definition) is 1. The van der Waals surface area contributed by atoms with E-state index in [1.54, 1.807) is 18.2 Å². The molecule has 0 spiro atoms. The van der Waals surface area contributed by atoms with Gasteiger partial charge in [0.25, 0.3) is 5.91 Å². The predicted octanol–water partition coefficient (Wildman–Crippen LogP) is 3.82. The van der Waals surface area contributed by atoms with Crippen LogP contribution in [0.15, 0.2) is 22.7 Å². The number of carboxylic acid groups (broad SMARTS) is 1. The maximum absolute atomic E-state index is 12.7. The maximum Gasteiger partial charge on any atom is 0.326 e. The Balaban J connectivity index is 2.41. The summed E-state index contributed by atoms with van der Waals surface area (Å²) in [5.74, 6) is -1.30. The van der Waals surface area contributed by atoms with Gasteiger partial charge in [0, 0.05) is 11.0 Å². The Morgan fingerprint density at radius 1 is 1.43 bits per heavy atom. The van der Waals surface area contributed by atoms with Crippen LogP contribution in [0.5, 0.6) is 0 Å². The lowest BCUT2D eigenvalue weighted by Crippen LogP contribution is -2.56. The molecular formula is C15H17BrClNO3. The van der Waals surface area contributed by atoms with E-state index in [1.165, 1.54) is 4.90 Å². The minimum atomic E-state index is -0.973. The van der Waals surface area contributed by atoms with Gasteiger partial charge in [0.05, 0.1) is 10.6 Å². The van der Waals surface area contributed by atoms with Crippen LogP contribution in [-0.2, 0) is 4.79 Å². The number of hydrogen-bond acceptors (Lipinski definition) is 2. The molecule has 0 aliphatic carbocycles. The molecule has 2 rings (SSSR count). The second-order valence-electron chi connectivity index (χ2n) is 5.96. The van der Waals surface area contributed by atoms with Crippen molar-refractivity contribution < 1.29 is 14.7 Å². The van der Waals surface area contributed by atoms with Crippen LogP contribution >= 0.6 is 27.5 Å². The summed E-state index contributed by atoms with van der Waals surface area (Å²) in [5, 5.41) is 9.86. The normalized spacial score (nSPS) is 21.1. The quantitative estimate of drug-likeness (QED) is 0.856. The van der Waals surface area contributed by atoms with Gasteiger partial charge >= 0.3 is 5.97 Å². The molecule has 0 radical (unpaired) electrons. The maximum atomic E-state index is 12.7.